The minimum atomic E-state index is -0.809. The molecule has 19 heavy (non-hydrogen) atoms. The normalized spacial score (nSPS) is 23.5. The van der Waals surface area contributed by atoms with Gasteiger partial charge in [0.1, 0.15) is 5.41 Å². The molecule has 0 radical (unpaired) electrons. The van der Waals surface area contributed by atoms with Crippen molar-refractivity contribution in [2.45, 2.75) is 51.0 Å². The SMILES string of the molecule is CNC(=O)C1(C(=O)NC(CN)C2CCCCC2)CC1. The summed E-state index contributed by atoms with van der Waals surface area (Å²) in [5, 5.41) is 5.62. The summed E-state index contributed by atoms with van der Waals surface area (Å²) in [4.78, 5) is 24.1. The summed E-state index contributed by atoms with van der Waals surface area (Å²) in [5.74, 6) is 0.181. The third-order valence-electron chi connectivity index (χ3n) is 4.64. The number of nitrogens with two attached hydrogens (primary N) is 1. The van der Waals surface area contributed by atoms with E-state index < -0.39 is 5.41 Å². The number of carbonyl (C=O) groups excluding carboxylic acids is 2. The maximum Gasteiger partial charge on any atom is 0.235 e. The fourth-order valence-corrected chi connectivity index (χ4v) is 3.13. The molecule has 2 fully saturated rings. The minimum absolute atomic E-state index is 0.0231. The number of hydrogen-bond donors (Lipinski definition) is 3. The molecule has 1 unspecified atom stereocenters. The predicted molar refractivity (Wildman–Crippen MR) is 73.3 cm³/mol. The Morgan fingerprint density at radius 2 is 1.84 bits per heavy atom. The summed E-state index contributed by atoms with van der Waals surface area (Å²) in [6, 6.07) is 0.0231. The molecule has 0 bridgehead atoms. The van der Waals surface area contributed by atoms with E-state index in [4.69, 9.17) is 5.73 Å². The molecule has 0 aromatic carbocycles. The molecule has 2 amide bonds. The second-order valence-corrected chi connectivity index (χ2v) is 5.87. The first-order valence-electron chi connectivity index (χ1n) is 7.37. The van der Waals surface area contributed by atoms with E-state index in [1.165, 1.54) is 19.3 Å². The summed E-state index contributed by atoms with van der Waals surface area (Å²) in [7, 11) is 1.58. The van der Waals surface area contributed by atoms with Gasteiger partial charge in [-0.3, -0.25) is 9.59 Å². The fourth-order valence-electron chi connectivity index (χ4n) is 3.13. The van der Waals surface area contributed by atoms with Gasteiger partial charge >= 0.3 is 0 Å². The molecule has 4 N–H and O–H groups in total. The van der Waals surface area contributed by atoms with Crippen LogP contribution in [-0.4, -0.2) is 31.4 Å². The van der Waals surface area contributed by atoms with Gasteiger partial charge in [-0.25, -0.2) is 0 Å². The van der Waals surface area contributed by atoms with Crippen LogP contribution in [0.5, 0.6) is 0 Å². The molecule has 5 heteroatoms. The Balaban J connectivity index is 1.94. The molecule has 2 rings (SSSR count). The summed E-state index contributed by atoms with van der Waals surface area (Å²) in [6.45, 7) is 0.459. The first kappa shape index (κ1) is 14.3. The van der Waals surface area contributed by atoms with E-state index in [-0.39, 0.29) is 17.9 Å². The molecule has 0 spiro atoms. The van der Waals surface area contributed by atoms with Crippen LogP contribution in [-0.2, 0) is 9.59 Å². The second kappa shape index (κ2) is 5.90. The van der Waals surface area contributed by atoms with Gasteiger partial charge in [0.2, 0.25) is 11.8 Å². The summed E-state index contributed by atoms with van der Waals surface area (Å²) >= 11 is 0. The standard InChI is InChI=1S/C14H25N3O2/c1-16-12(18)14(7-8-14)13(19)17-11(9-15)10-5-3-2-4-6-10/h10-11H,2-9,15H2,1H3,(H,16,18)(H,17,19). The van der Waals surface area contributed by atoms with Crippen molar-refractivity contribution in [1.29, 1.82) is 0 Å². The van der Waals surface area contributed by atoms with Crippen LogP contribution in [0.1, 0.15) is 44.9 Å². The van der Waals surface area contributed by atoms with Gasteiger partial charge in [0.15, 0.2) is 0 Å². The Morgan fingerprint density at radius 1 is 1.21 bits per heavy atom. The predicted octanol–water partition coefficient (Wildman–Crippen LogP) is 0.536. The van der Waals surface area contributed by atoms with Crippen LogP contribution < -0.4 is 16.4 Å². The Morgan fingerprint density at radius 3 is 2.32 bits per heavy atom. The summed E-state index contributed by atoms with van der Waals surface area (Å²) in [6.07, 6.45) is 7.30. The quantitative estimate of drug-likeness (QED) is 0.636. The van der Waals surface area contributed by atoms with Gasteiger partial charge in [0.05, 0.1) is 0 Å². The van der Waals surface area contributed by atoms with Crippen LogP contribution >= 0.6 is 0 Å². The van der Waals surface area contributed by atoms with Crippen LogP contribution in [0.2, 0.25) is 0 Å². The van der Waals surface area contributed by atoms with Gasteiger partial charge in [-0.2, -0.15) is 0 Å². The molecule has 2 aliphatic rings. The van der Waals surface area contributed by atoms with Crippen molar-refractivity contribution in [3.8, 4) is 0 Å². The van der Waals surface area contributed by atoms with Crippen molar-refractivity contribution < 1.29 is 9.59 Å². The molecule has 1 atom stereocenters. The minimum Gasteiger partial charge on any atom is -0.358 e. The average Bonchev–Trinajstić information content (AvgIpc) is 3.26. The Hall–Kier alpha value is -1.10. The van der Waals surface area contributed by atoms with Crippen molar-refractivity contribution in [1.82, 2.24) is 10.6 Å². The van der Waals surface area contributed by atoms with Crippen molar-refractivity contribution in [3.63, 3.8) is 0 Å². The zero-order chi connectivity index (χ0) is 13.9. The van der Waals surface area contributed by atoms with Crippen LogP contribution in [0.15, 0.2) is 0 Å². The van der Waals surface area contributed by atoms with E-state index in [9.17, 15) is 9.59 Å². The molecule has 0 aromatic rings. The van der Waals surface area contributed by atoms with Gasteiger partial charge in [-0.05, 0) is 31.6 Å². The highest BCUT2D eigenvalue weighted by molar-refractivity contribution is 6.07. The first-order chi connectivity index (χ1) is 9.14. The fraction of sp³-hybridized carbons (Fsp3) is 0.857. The highest BCUT2D eigenvalue weighted by atomic mass is 16.2. The maximum atomic E-state index is 12.3. The number of hydrogen-bond acceptors (Lipinski definition) is 3. The van der Waals surface area contributed by atoms with E-state index in [0.29, 0.717) is 25.3 Å². The lowest BCUT2D eigenvalue weighted by Crippen LogP contribution is -2.51. The summed E-state index contributed by atoms with van der Waals surface area (Å²) < 4.78 is 0. The second-order valence-electron chi connectivity index (χ2n) is 5.87. The number of carbonyl (C=O) groups is 2. The molecule has 5 nitrogen and oxygen atoms in total. The smallest absolute Gasteiger partial charge is 0.235 e. The lowest BCUT2D eigenvalue weighted by Gasteiger charge is -2.31. The topological polar surface area (TPSA) is 84.2 Å². The van der Waals surface area contributed by atoms with Crippen LogP contribution in [0, 0.1) is 11.3 Å². The van der Waals surface area contributed by atoms with Crippen LogP contribution in [0.4, 0.5) is 0 Å². The molecule has 0 aliphatic heterocycles. The zero-order valence-corrected chi connectivity index (χ0v) is 11.7. The van der Waals surface area contributed by atoms with Crippen molar-refractivity contribution >= 4 is 11.8 Å². The molecule has 2 aliphatic carbocycles. The van der Waals surface area contributed by atoms with Crippen molar-refractivity contribution in [2.24, 2.45) is 17.1 Å². The number of rotatable bonds is 5. The number of nitrogens with one attached hydrogen (secondary N) is 2. The van der Waals surface area contributed by atoms with Crippen molar-refractivity contribution in [3.05, 3.63) is 0 Å². The van der Waals surface area contributed by atoms with E-state index in [1.807, 2.05) is 0 Å². The van der Waals surface area contributed by atoms with Gasteiger partial charge in [0, 0.05) is 19.6 Å². The lowest BCUT2D eigenvalue weighted by atomic mass is 9.83. The van der Waals surface area contributed by atoms with Gasteiger partial charge in [-0.15, -0.1) is 0 Å². The van der Waals surface area contributed by atoms with Gasteiger partial charge in [-0.1, -0.05) is 19.3 Å². The molecule has 2 saturated carbocycles. The monoisotopic (exact) mass is 267 g/mol. The summed E-state index contributed by atoms with van der Waals surface area (Å²) in [5.41, 5.74) is 5.00. The molecule has 0 saturated heterocycles. The van der Waals surface area contributed by atoms with Crippen LogP contribution in [0.25, 0.3) is 0 Å². The molecular weight excluding hydrogens is 242 g/mol. The van der Waals surface area contributed by atoms with Gasteiger partial charge < -0.3 is 16.4 Å². The molecule has 0 heterocycles. The Bertz CT molecular complexity index is 347. The molecular formula is C14H25N3O2. The average molecular weight is 267 g/mol. The van der Waals surface area contributed by atoms with E-state index in [0.717, 1.165) is 12.8 Å². The highest BCUT2D eigenvalue weighted by Crippen LogP contribution is 2.46. The zero-order valence-electron chi connectivity index (χ0n) is 11.7. The lowest BCUT2D eigenvalue weighted by molar-refractivity contribution is -0.137. The highest BCUT2D eigenvalue weighted by Gasteiger charge is 2.56. The Kier molecular flexibility index (Phi) is 4.45. The van der Waals surface area contributed by atoms with E-state index >= 15 is 0 Å². The van der Waals surface area contributed by atoms with Gasteiger partial charge in [0.25, 0.3) is 0 Å². The Labute approximate surface area is 114 Å². The third-order valence-corrected chi connectivity index (χ3v) is 4.64. The third kappa shape index (κ3) is 2.91. The van der Waals surface area contributed by atoms with E-state index in [2.05, 4.69) is 10.6 Å². The molecule has 108 valence electrons. The van der Waals surface area contributed by atoms with Crippen LogP contribution in [0.3, 0.4) is 0 Å². The van der Waals surface area contributed by atoms with Crippen molar-refractivity contribution in [2.75, 3.05) is 13.6 Å². The first-order valence-corrected chi connectivity index (χ1v) is 7.37. The number of amides is 2. The van der Waals surface area contributed by atoms with E-state index in [1.54, 1.807) is 7.05 Å². The molecule has 0 aromatic heterocycles. The largest absolute Gasteiger partial charge is 0.358 e. The maximum absolute atomic E-state index is 12.3.